The van der Waals surface area contributed by atoms with E-state index in [4.69, 9.17) is 0 Å². The predicted octanol–water partition coefficient (Wildman–Crippen LogP) is 3.38. The molecule has 1 unspecified atom stereocenters. The molecule has 2 saturated heterocycles. The van der Waals surface area contributed by atoms with E-state index in [1.165, 1.54) is 11.8 Å². The molecule has 0 aromatic carbocycles. The summed E-state index contributed by atoms with van der Waals surface area (Å²) in [6, 6.07) is -1.16. The Bertz CT molecular complexity index is 935. The van der Waals surface area contributed by atoms with Crippen molar-refractivity contribution >= 4 is 23.3 Å². The molecule has 9 heteroatoms. The minimum Gasteiger partial charge on any atom is -0.392 e. The number of nitrogens with one attached hydrogen (secondary N) is 1. The third-order valence-electron chi connectivity index (χ3n) is 7.63. The summed E-state index contributed by atoms with van der Waals surface area (Å²) in [5, 5.41) is 22.6. The number of likely N-dealkylation sites (tertiary alicyclic amines) is 2. The van der Waals surface area contributed by atoms with E-state index < -0.39 is 23.6 Å². The third-order valence-corrected chi connectivity index (χ3v) is 7.63. The molecule has 0 radical (unpaired) electrons. The van der Waals surface area contributed by atoms with Gasteiger partial charge in [0.2, 0.25) is 5.91 Å². The first-order valence-corrected chi connectivity index (χ1v) is 15.0. The lowest BCUT2D eigenvalue weighted by Crippen LogP contribution is -2.50. The predicted molar refractivity (Wildman–Crippen MR) is 162 cm³/mol. The maximum Gasteiger partial charge on any atom is 0.220 e. The quantitative estimate of drug-likeness (QED) is 0.418. The molecule has 0 aromatic heterocycles. The Hall–Kier alpha value is -1.68. The Morgan fingerprint density at radius 2 is 1.27 bits per heavy atom. The molecule has 9 nitrogen and oxygen atoms in total. The smallest absolute Gasteiger partial charge is 0.220 e. The van der Waals surface area contributed by atoms with Crippen LogP contribution in [0, 0.1) is 16.2 Å². The van der Waals surface area contributed by atoms with Crippen molar-refractivity contribution in [3.8, 4) is 0 Å². The third kappa shape index (κ3) is 11.5. The lowest BCUT2D eigenvalue weighted by atomic mass is 9.79. The van der Waals surface area contributed by atoms with Crippen molar-refractivity contribution in [3.63, 3.8) is 0 Å². The molecule has 5 atom stereocenters. The average Bonchev–Trinajstić information content (AvgIpc) is 3.36. The van der Waals surface area contributed by atoms with Crippen LogP contribution in [-0.2, 0) is 19.2 Å². The van der Waals surface area contributed by atoms with Crippen LogP contribution in [0.1, 0.15) is 109 Å². The number of rotatable bonds is 7. The van der Waals surface area contributed by atoms with Crippen molar-refractivity contribution in [1.29, 1.82) is 0 Å². The number of hydrogen-bond donors (Lipinski definition) is 3. The van der Waals surface area contributed by atoms with Gasteiger partial charge in [0.15, 0.2) is 17.3 Å². The van der Waals surface area contributed by atoms with Crippen LogP contribution in [0.2, 0.25) is 0 Å². The van der Waals surface area contributed by atoms with Crippen molar-refractivity contribution in [2.24, 2.45) is 16.2 Å². The molecule has 0 spiro atoms. The fourth-order valence-electron chi connectivity index (χ4n) is 5.50. The Labute approximate surface area is 248 Å². The van der Waals surface area contributed by atoms with Crippen molar-refractivity contribution in [3.05, 3.63) is 0 Å². The zero-order valence-corrected chi connectivity index (χ0v) is 28.1. The van der Waals surface area contributed by atoms with Crippen molar-refractivity contribution in [1.82, 2.24) is 15.1 Å². The van der Waals surface area contributed by atoms with Gasteiger partial charge in [-0.05, 0) is 39.0 Å². The van der Waals surface area contributed by atoms with Gasteiger partial charge in [-0.3, -0.25) is 24.1 Å². The summed E-state index contributed by atoms with van der Waals surface area (Å²) in [7, 11) is 0. The summed E-state index contributed by atoms with van der Waals surface area (Å²) >= 11 is 0. The fourth-order valence-corrected chi connectivity index (χ4v) is 5.50. The first-order chi connectivity index (χ1) is 18.3. The molecule has 2 heterocycles. The Morgan fingerprint density at radius 1 is 0.780 bits per heavy atom. The zero-order chi connectivity index (χ0) is 32.3. The van der Waals surface area contributed by atoms with E-state index in [0.29, 0.717) is 19.4 Å². The van der Waals surface area contributed by atoms with Gasteiger partial charge in [-0.2, -0.15) is 0 Å². The standard InChI is InChI=1S/C19H34N2O4.C13H25NO2/c1-12(22)21-11-13(23)8-15(21)16(24)10-20-14(9-18(2,3)4)17(25)19(5,6)7;1-12(2,3)11(16)10-7-9(15)8-14(10)13(4,5)6/h13-15,20,23H,8-11H2,1-7H3;9-10,15H,7-8H2,1-6H3/t13-,14?,15+;9-,10+/m11/s1. The first kappa shape index (κ1) is 37.3. The van der Waals surface area contributed by atoms with E-state index in [0.717, 1.165) is 0 Å². The SMILES string of the molecule is CC(=O)N1C[C@H](O)C[C@H]1C(=O)CNC(CC(C)(C)C)C(=O)C(C)(C)C.CC(C)(C)C(=O)[C@@H]1C[C@@H](O)CN1C(C)(C)C. The average molecular weight is 582 g/mol. The number of carbonyl (C=O) groups excluding carboxylic acids is 4. The number of aliphatic hydroxyl groups is 2. The highest BCUT2D eigenvalue weighted by molar-refractivity contribution is 5.92. The van der Waals surface area contributed by atoms with Crippen LogP contribution in [0.5, 0.6) is 0 Å². The summed E-state index contributed by atoms with van der Waals surface area (Å²) in [6.45, 7) is 26.1. The van der Waals surface area contributed by atoms with Gasteiger partial charge in [-0.25, -0.2) is 0 Å². The number of nitrogens with zero attached hydrogens (tertiary/aromatic N) is 2. The van der Waals surface area contributed by atoms with Gasteiger partial charge in [-0.15, -0.1) is 0 Å². The van der Waals surface area contributed by atoms with Crippen LogP contribution in [0.15, 0.2) is 0 Å². The molecular formula is C32H59N3O6. The van der Waals surface area contributed by atoms with Crippen LogP contribution in [0.25, 0.3) is 0 Å². The van der Waals surface area contributed by atoms with Gasteiger partial charge in [0.1, 0.15) is 0 Å². The number of β-amino-alcohol motifs (C(OH)–C–C–N with tert-alkyl or cyclic N) is 2. The Morgan fingerprint density at radius 3 is 1.68 bits per heavy atom. The molecule has 2 fully saturated rings. The number of carbonyl (C=O) groups is 4. The molecule has 0 saturated carbocycles. The molecule has 0 aliphatic carbocycles. The van der Waals surface area contributed by atoms with E-state index in [1.54, 1.807) is 0 Å². The second kappa shape index (κ2) is 13.7. The van der Waals surface area contributed by atoms with E-state index in [9.17, 15) is 29.4 Å². The van der Waals surface area contributed by atoms with Crippen molar-refractivity contribution < 1.29 is 29.4 Å². The van der Waals surface area contributed by atoms with E-state index in [-0.39, 0.29) is 71.3 Å². The zero-order valence-electron chi connectivity index (χ0n) is 28.1. The summed E-state index contributed by atoms with van der Waals surface area (Å²) in [5.74, 6) is -0.0663. The van der Waals surface area contributed by atoms with Crippen molar-refractivity contribution in [2.45, 2.75) is 145 Å². The topological polar surface area (TPSA) is 127 Å². The van der Waals surface area contributed by atoms with Gasteiger partial charge in [0.25, 0.3) is 0 Å². The highest BCUT2D eigenvalue weighted by atomic mass is 16.3. The molecular weight excluding hydrogens is 522 g/mol. The second-order valence-corrected chi connectivity index (χ2v) is 16.2. The minimum absolute atomic E-state index is 0.0176. The fraction of sp³-hybridized carbons (Fsp3) is 0.875. The van der Waals surface area contributed by atoms with Crippen LogP contribution >= 0.6 is 0 Å². The number of hydrogen-bond acceptors (Lipinski definition) is 8. The summed E-state index contributed by atoms with van der Waals surface area (Å²) in [4.78, 5) is 52.8. The maximum absolute atomic E-state index is 12.7. The summed E-state index contributed by atoms with van der Waals surface area (Å²) in [5.41, 5.74) is -0.960. The molecule has 3 N–H and O–H groups in total. The monoisotopic (exact) mass is 581 g/mol. The van der Waals surface area contributed by atoms with Crippen LogP contribution in [-0.4, -0.2) is 98.8 Å². The highest BCUT2D eigenvalue weighted by Crippen LogP contribution is 2.32. The molecule has 2 aliphatic rings. The van der Waals surface area contributed by atoms with Gasteiger partial charge in [0, 0.05) is 42.8 Å². The second-order valence-electron chi connectivity index (χ2n) is 16.2. The molecule has 238 valence electrons. The molecule has 2 rings (SSSR count). The molecule has 2 aliphatic heterocycles. The number of Topliss-reactive ketones (excluding diaryl/α,β-unsaturated/α-hetero) is 3. The Balaban J connectivity index is 0.000000452. The minimum atomic E-state index is -0.667. The summed E-state index contributed by atoms with van der Waals surface area (Å²) in [6.07, 6.45) is 0.431. The van der Waals surface area contributed by atoms with Gasteiger partial charge in [0.05, 0.1) is 36.9 Å². The molecule has 0 aromatic rings. The maximum atomic E-state index is 12.7. The molecule has 1 amide bonds. The lowest BCUT2D eigenvalue weighted by Gasteiger charge is -2.38. The molecule has 41 heavy (non-hydrogen) atoms. The lowest BCUT2D eigenvalue weighted by molar-refractivity contribution is -0.136. The highest BCUT2D eigenvalue weighted by Gasteiger charge is 2.44. The largest absolute Gasteiger partial charge is 0.392 e. The van der Waals surface area contributed by atoms with Gasteiger partial charge in [-0.1, -0.05) is 62.3 Å². The van der Waals surface area contributed by atoms with Crippen LogP contribution in [0.3, 0.4) is 0 Å². The number of ketones is 3. The summed E-state index contributed by atoms with van der Waals surface area (Å²) < 4.78 is 0. The number of aliphatic hydroxyl groups excluding tert-OH is 2. The van der Waals surface area contributed by atoms with Crippen molar-refractivity contribution in [2.75, 3.05) is 19.6 Å². The van der Waals surface area contributed by atoms with E-state index in [2.05, 4.69) is 51.8 Å². The van der Waals surface area contributed by atoms with E-state index in [1.807, 2.05) is 41.5 Å². The van der Waals surface area contributed by atoms with Gasteiger partial charge >= 0.3 is 0 Å². The normalized spacial score (nSPS) is 25.0. The molecule has 0 bridgehead atoms. The van der Waals surface area contributed by atoms with E-state index >= 15 is 0 Å². The van der Waals surface area contributed by atoms with Crippen LogP contribution < -0.4 is 5.32 Å². The van der Waals surface area contributed by atoms with Crippen LogP contribution in [0.4, 0.5) is 0 Å². The first-order valence-electron chi connectivity index (χ1n) is 15.0. The Kier molecular flexibility index (Phi) is 12.5. The van der Waals surface area contributed by atoms with Gasteiger partial charge < -0.3 is 20.4 Å². The number of amides is 1.